The third-order valence-corrected chi connectivity index (χ3v) is 4.63. The van der Waals surface area contributed by atoms with E-state index < -0.39 is 0 Å². The molecule has 0 aliphatic carbocycles. The van der Waals surface area contributed by atoms with E-state index in [2.05, 4.69) is 15.9 Å². The van der Waals surface area contributed by atoms with Gasteiger partial charge in [0.1, 0.15) is 5.76 Å². The second kappa shape index (κ2) is 4.50. The van der Waals surface area contributed by atoms with Crippen LogP contribution >= 0.6 is 50.5 Å². The SMILES string of the molecule is Cc1occc1C(Br)c1cc(Cl)sc1Cl. The van der Waals surface area contributed by atoms with Crippen LogP contribution in [0.4, 0.5) is 0 Å². The lowest BCUT2D eigenvalue weighted by Crippen LogP contribution is -1.90. The largest absolute Gasteiger partial charge is 0.469 e. The number of hydrogen-bond donors (Lipinski definition) is 0. The van der Waals surface area contributed by atoms with Crippen molar-refractivity contribution in [2.24, 2.45) is 0 Å². The maximum atomic E-state index is 6.08. The van der Waals surface area contributed by atoms with Gasteiger partial charge in [-0.2, -0.15) is 0 Å². The maximum Gasteiger partial charge on any atom is 0.105 e. The number of halogens is 3. The summed E-state index contributed by atoms with van der Waals surface area (Å²) >= 11 is 16.9. The molecule has 5 heteroatoms. The van der Waals surface area contributed by atoms with Crippen molar-refractivity contribution in [3.05, 3.63) is 44.0 Å². The Morgan fingerprint density at radius 3 is 2.60 bits per heavy atom. The molecule has 2 rings (SSSR count). The van der Waals surface area contributed by atoms with Gasteiger partial charge in [0.2, 0.25) is 0 Å². The zero-order valence-electron chi connectivity index (χ0n) is 7.76. The van der Waals surface area contributed by atoms with E-state index in [9.17, 15) is 0 Å². The minimum Gasteiger partial charge on any atom is -0.469 e. The average molecular weight is 326 g/mol. The second-order valence-corrected chi connectivity index (χ2v) is 6.28. The van der Waals surface area contributed by atoms with Crippen molar-refractivity contribution >= 4 is 50.5 Å². The van der Waals surface area contributed by atoms with E-state index in [1.807, 2.05) is 19.1 Å². The molecule has 2 heterocycles. The van der Waals surface area contributed by atoms with E-state index in [1.54, 1.807) is 6.26 Å². The van der Waals surface area contributed by atoms with E-state index in [-0.39, 0.29) is 4.83 Å². The minimum atomic E-state index is 0.0347. The Balaban J connectivity index is 2.40. The first-order valence-corrected chi connectivity index (χ1v) is 6.71. The van der Waals surface area contributed by atoms with Gasteiger partial charge < -0.3 is 4.42 Å². The smallest absolute Gasteiger partial charge is 0.105 e. The Hall–Kier alpha value is 0.0400. The first-order chi connectivity index (χ1) is 7.09. The van der Waals surface area contributed by atoms with Crippen molar-refractivity contribution in [3.8, 4) is 0 Å². The monoisotopic (exact) mass is 324 g/mol. The van der Waals surface area contributed by atoms with Crippen LogP contribution in [0.5, 0.6) is 0 Å². The maximum absolute atomic E-state index is 6.08. The molecule has 0 bridgehead atoms. The summed E-state index contributed by atoms with van der Waals surface area (Å²) < 4.78 is 6.66. The molecule has 0 saturated carbocycles. The summed E-state index contributed by atoms with van der Waals surface area (Å²) in [7, 11) is 0. The van der Waals surface area contributed by atoms with Crippen LogP contribution in [-0.4, -0.2) is 0 Å². The molecule has 0 aliphatic heterocycles. The van der Waals surface area contributed by atoms with Crippen molar-refractivity contribution in [2.75, 3.05) is 0 Å². The molecule has 0 fully saturated rings. The first kappa shape index (κ1) is 11.5. The summed E-state index contributed by atoms with van der Waals surface area (Å²) in [6.07, 6.45) is 1.67. The molecular formula is C10H7BrCl2OS. The lowest BCUT2D eigenvalue weighted by Gasteiger charge is -2.07. The van der Waals surface area contributed by atoms with Crippen molar-refractivity contribution in [2.45, 2.75) is 11.8 Å². The lowest BCUT2D eigenvalue weighted by atomic mass is 10.1. The fourth-order valence-electron chi connectivity index (χ4n) is 1.35. The highest BCUT2D eigenvalue weighted by Gasteiger charge is 2.19. The fraction of sp³-hybridized carbons (Fsp3) is 0.200. The van der Waals surface area contributed by atoms with Gasteiger partial charge in [0.15, 0.2) is 0 Å². The van der Waals surface area contributed by atoms with Crippen LogP contribution in [0.15, 0.2) is 22.8 Å². The van der Waals surface area contributed by atoms with Gasteiger partial charge in [-0.25, -0.2) is 0 Å². The van der Waals surface area contributed by atoms with Crippen LogP contribution in [0, 0.1) is 6.92 Å². The minimum absolute atomic E-state index is 0.0347. The molecule has 0 amide bonds. The third kappa shape index (κ3) is 2.26. The van der Waals surface area contributed by atoms with Crippen LogP contribution < -0.4 is 0 Å². The summed E-state index contributed by atoms with van der Waals surface area (Å²) in [4.78, 5) is 0.0347. The van der Waals surface area contributed by atoms with Gasteiger partial charge in [-0.3, -0.25) is 0 Å². The van der Waals surface area contributed by atoms with Crippen LogP contribution in [0.3, 0.4) is 0 Å². The number of alkyl halides is 1. The standard InChI is InChI=1S/C10H7BrCl2OS/c1-5-6(2-3-14-5)9(11)7-4-8(12)15-10(7)13/h2-4,9H,1H3. The Kier molecular flexibility index (Phi) is 3.45. The molecular weight excluding hydrogens is 319 g/mol. The summed E-state index contributed by atoms with van der Waals surface area (Å²) in [5.41, 5.74) is 2.06. The number of hydrogen-bond acceptors (Lipinski definition) is 2. The second-order valence-electron chi connectivity index (χ2n) is 3.07. The fourth-order valence-corrected chi connectivity index (χ4v) is 4.00. The molecule has 0 radical (unpaired) electrons. The molecule has 0 aromatic carbocycles. The van der Waals surface area contributed by atoms with Crippen molar-refractivity contribution in [1.82, 2.24) is 0 Å². The van der Waals surface area contributed by atoms with Gasteiger partial charge in [-0.05, 0) is 19.1 Å². The highest BCUT2D eigenvalue weighted by atomic mass is 79.9. The Morgan fingerprint density at radius 1 is 1.40 bits per heavy atom. The van der Waals surface area contributed by atoms with Crippen molar-refractivity contribution in [1.29, 1.82) is 0 Å². The normalized spacial score (nSPS) is 13.1. The zero-order valence-corrected chi connectivity index (χ0v) is 11.7. The molecule has 15 heavy (non-hydrogen) atoms. The summed E-state index contributed by atoms with van der Waals surface area (Å²) in [5, 5.41) is 0. The summed E-state index contributed by atoms with van der Waals surface area (Å²) in [5.74, 6) is 0.885. The third-order valence-electron chi connectivity index (χ3n) is 2.13. The molecule has 2 aromatic heterocycles. The van der Waals surface area contributed by atoms with Crippen molar-refractivity contribution < 1.29 is 4.42 Å². The molecule has 0 spiro atoms. The van der Waals surface area contributed by atoms with E-state index in [0.29, 0.717) is 8.67 Å². The van der Waals surface area contributed by atoms with Gasteiger partial charge in [-0.1, -0.05) is 39.1 Å². The predicted octanol–water partition coefficient (Wildman–Crippen LogP) is 5.44. The topological polar surface area (TPSA) is 13.1 Å². The average Bonchev–Trinajstić information content (AvgIpc) is 2.71. The van der Waals surface area contributed by atoms with E-state index >= 15 is 0 Å². The van der Waals surface area contributed by atoms with Crippen molar-refractivity contribution in [3.63, 3.8) is 0 Å². The van der Waals surface area contributed by atoms with Gasteiger partial charge in [0.05, 0.1) is 19.8 Å². The predicted molar refractivity (Wildman–Crippen MR) is 68.6 cm³/mol. The molecule has 1 nitrogen and oxygen atoms in total. The van der Waals surface area contributed by atoms with Crippen LogP contribution in [0.25, 0.3) is 0 Å². The lowest BCUT2D eigenvalue weighted by molar-refractivity contribution is 0.530. The van der Waals surface area contributed by atoms with E-state index in [4.69, 9.17) is 27.6 Å². The molecule has 0 saturated heterocycles. The molecule has 1 atom stereocenters. The Morgan fingerprint density at radius 2 is 2.13 bits per heavy atom. The number of aryl methyl sites for hydroxylation is 1. The number of thiophene rings is 1. The van der Waals surface area contributed by atoms with Crippen LogP contribution in [0.2, 0.25) is 8.67 Å². The molecule has 0 aliphatic rings. The highest BCUT2D eigenvalue weighted by molar-refractivity contribution is 9.09. The van der Waals surface area contributed by atoms with E-state index in [1.165, 1.54) is 11.3 Å². The van der Waals surface area contributed by atoms with Gasteiger partial charge in [-0.15, -0.1) is 11.3 Å². The summed E-state index contributed by atoms with van der Waals surface area (Å²) in [6.45, 7) is 1.92. The highest BCUT2D eigenvalue weighted by Crippen LogP contribution is 2.42. The van der Waals surface area contributed by atoms with Gasteiger partial charge in [0.25, 0.3) is 0 Å². The quantitative estimate of drug-likeness (QED) is 0.670. The van der Waals surface area contributed by atoms with E-state index in [0.717, 1.165) is 16.9 Å². The Bertz CT molecular complexity index is 477. The molecule has 2 aromatic rings. The molecule has 1 unspecified atom stereocenters. The zero-order chi connectivity index (χ0) is 11.0. The first-order valence-electron chi connectivity index (χ1n) is 4.22. The van der Waals surface area contributed by atoms with Crippen LogP contribution in [-0.2, 0) is 0 Å². The van der Waals surface area contributed by atoms with Gasteiger partial charge >= 0.3 is 0 Å². The molecule has 0 N–H and O–H groups in total. The molecule has 80 valence electrons. The van der Waals surface area contributed by atoms with Gasteiger partial charge in [0, 0.05) is 11.1 Å². The Labute approximate surface area is 110 Å². The number of rotatable bonds is 2. The number of furan rings is 1. The summed E-state index contributed by atoms with van der Waals surface area (Å²) in [6, 6.07) is 3.80. The van der Waals surface area contributed by atoms with Crippen LogP contribution in [0.1, 0.15) is 21.7 Å².